The molecule has 1 heterocycles. The summed E-state index contributed by atoms with van der Waals surface area (Å²) in [5.41, 5.74) is 1.65. The molecule has 0 unspecified atom stereocenters. The fourth-order valence-electron chi connectivity index (χ4n) is 3.03. The quantitative estimate of drug-likeness (QED) is 0.745. The van der Waals surface area contributed by atoms with Crippen LogP contribution < -0.4 is 4.74 Å². The number of nitrogens with zero attached hydrogens (tertiary/aromatic N) is 2. The van der Waals surface area contributed by atoms with Crippen LogP contribution in [0.1, 0.15) is 29.8 Å². The predicted octanol–water partition coefficient (Wildman–Crippen LogP) is 3.82. The highest BCUT2D eigenvalue weighted by atomic mass is 16.6. The molecule has 29 heavy (non-hydrogen) atoms. The smallest absolute Gasteiger partial charge is 0.409 e. The van der Waals surface area contributed by atoms with Crippen molar-refractivity contribution in [2.75, 3.05) is 32.8 Å². The molecule has 0 spiro atoms. The van der Waals surface area contributed by atoms with Gasteiger partial charge in [0.25, 0.3) is 5.91 Å². The van der Waals surface area contributed by atoms with Gasteiger partial charge in [-0.15, -0.1) is 0 Å². The van der Waals surface area contributed by atoms with Gasteiger partial charge in [-0.1, -0.05) is 44.2 Å². The lowest BCUT2D eigenvalue weighted by atomic mass is 10.1. The normalized spacial score (nSPS) is 14.0. The summed E-state index contributed by atoms with van der Waals surface area (Å²) >= 11 is 0. The van der Waals surface area contributed by atoms with Crippen LogP contribution in [0, 0.1) is 5.92 Å². The molecule has 1 aliphatic heterocycles. The molecule has 6 heteroatoms. The lowest BCUT2D eigenvalue weighted by Crippen LogP contribution is -2.50. The zero-order valence-corrected chi connectivity index (χ0v) is 17.0. The fourth-order valence-corrected chi connectivity index (χ4v) is 3.03. The number of carbonyl (C=O) groups is 2. The molecule has 6 nitrogen and oxygen atoms in total. The van der Waals surface area contributed by atoms with Gasteiger partial charge in [0, 0.05) is 31.7 Å². The Labute approximate surface area is 172 Å². The Hall–Kier alpha value is -3.02. The largest absolute Gasteiger partial charge is 0.489 e. The van der Waals surface area contributed by atoms with Crippen LogP contribution in [0.3, 0.4) is 0 Å². The number of carbonyl (C=O) groups excluding carboxylic acids is 2. The number of hydrogen-bond donors (Lipinski definition) is 0. The summed E-state index contributed by atoms with van der Waals surface area (Å²) in [7, 11) is 0. The maximum atomic E-state index is 12.7. The Morgan fingerprint density at radius 3 is 2.14 bits per heavy atom. The maximum Gasteiger partial charge on any atom is 0.409 e. The van der Waals surface area contributed by atoms with Crippen LogP contribution in [0.25, 0.3) is 0 Å². The highest BCUT2D eigenvalue weighted by molar-refractivity contribution is 5.94. The summed E-state index contributed by atoms with van der Waals surface area (Å²) in [5, 5.41) is 0. The summed E-state index contributed by atoms with van der Waals surface area (Å²) in [6.07, 6.45) is -0.298. The standard InChI is InChI=1S/C23H28N2O4/c1-18(2)16-29-23(27)25-14-12-24(13-15-25)22(26)20-10-8-19(9-11-20)17-28-21-6-4-3-5-7-21/h3-11,18H,12-17H2,1-2H3. The third-order valence-electron chi connectivity index (χ3n) is 4.71. The predicted molar refractivity (Wildman–Crippen MR) is 111 cm³/mol. The Balaban J connectivity index is 1.47. The molecular formula is C23H28N2O4. The van der Waals surface area contributed by atoms with E-state index in [1.807, 2.05) is 68.4 Å². The van der Waals surface area contributed by atoms with Crippen molar-refractivity contribution in [3.8, 4) is 5.75 Å². The average Bonchev–Trinajstić information content (AvgIpc) is 2.76. The van der Waals surface area contributed by atoms with E-state index in [1.165, 1.54) is 0 Å². The van der Waals surface area contributed by atoms with Gasteiger partial charge in [-0.25, -0.2) is 4.79 Å². The molecule has 1 fully saturated rings. The summed E-state index contributed by atoms with van der Waals surface area (Å²) in [4.78, 5) is 28.2. The van der Waals surface area contributed by atoms with Gasteiger partial charge in [-0.3, -0.25) is 4.79 Å². The first-order valence-electron chi connectivity index (χ1n) is 10.0. The molecule has 154 valence electrons. The summed E-state index contributed by atoms with van der Waals surface area (Å²) in [6, 6.07) is 17.1. The number of hydrogen-bond acceptors (Lipinski definition) is 4. The zero-order chi connectivity index (χ0) is 20.6. The number of piperazine rings is 1. The number of amides is 2. The van der Waals surface area contributed by atoms with Crippen molar-refractivity contribution in [3.63, 3.8) is 0 Å². The molecule has 0 radical (unpaired) electrons. The van der Waals surface area contributed by atoms with Gasteiger partial charge in [0.1, 0.15) is 12.4 Å². The summed E-state index contributed by atoms with van der Waals surface area (Å²) in [5.74, 6) is 1.11. The Morgan fingerprint density at radius 1 is 0.897 bits per heavy atom. The van der Waals surface area contributed by atoms with Crippen LogP contribution in [-0.4, -0.2) is 54.6 Å². The molecule has 0 atom stereocenters. The summed E-state index contributed by atoms with van der Waals surface area (Å²) in [6.45, 7) is 6.88. The molecule has 2 aromatic carbocycles. The van der Waals surface area contributed by atoms with Crippen molar-refractivity contribution in [1.82, 2.24) is 9.80 Å². The molecule has 0 N–H and O–H groups in total. The molecule has 0 bridgehead atoms. The van der Waals surface area contributed by atoms with Crippen LogP contribution in [-0.2, 0) is 11.3 Å². The minimum absolute atomic E-state index is 0.0178. The van der Waals surface area contributed by atoms with Crippen molar-refractivity contribution in [2.24, 2.45) is 5.92 Å². The highest BCUT2D eigenvalue weighted by Gasteiger charge is 2.25. The lowest BCUT2D eigenvalue weighted by molar-refractivity contribution is 0.0535. The van der Waals surface area contributed by atoms with Crippen LogP contribution in [0.15, 0.2) is 54.6 Å². The molecule has 0 saturated carbocycles. The number of rotatable bonds is 6. The third kappa shape index (κ3) is 5.98. The highest BCUT2D eigenvalue weighted by Crippen LogP contribution is 2.14. The zero-order valence-electron chi connectivity index (χ0n) is 17.0. The van der Waals surface area contributed by atoms with Gasteiger partial charge in [-0.05, 0) is 35.7 Å². The van der Waals surface area contributed by atoms with E-state index >= 15 is 0 Å². The van der Waals surface area contributed by atoms with Gasteiger partial charge in [0.15, 0.2) is 0 Å². The molecule has 1 saturated heterocycles. The van der Waals surface area contributed by atoms with E-state index in [4.69, 9.17) is 9.47 Å². The Kier molecular flexibility index (Phi) is 7.11. The molecule has 2 amide bonds. The Bertz CT molecular complexity index is 797. The van der Waals surface area contributed by atoms with E-state index in [0.29, 0.717) is 50.9 Å². The van der Waals surface area contributed by atoms with Crippen LogP contribution in [0.2, 0.25) is 0 Å². The molecular weight excluding hydrogens is 368 g/mol. The number of benzene rings is 2. The first kappa shape index (κ1) is 20.7. The summed E-state index contributed by atoms with van der Waals surface area (Å²) < 4.78 is 11.0. The minimum Gasteiger partial charge on any atom is -0.489 e. The molecule has 0 aliphatic carbocycles. The Morgan fingerprint density at radius 2 is 1.52 bits per heavy atom. The van der Waals surface area contributed by atoms with Crippen LogP contribution >= 0.6 is 0 Å². The van der Waals surface area contributed by atoms with Crippen molar-refractivity contribution < 1.29 is 19.1 Å². The molecule has 2 aromatic rings. The van der Waals surface area contributed by atoms with E-state index in [1.54, 1.807) is 9.80 Å². The number of para-hydroxylation sites is 1. The maximum absolute atomic E-state index is 12.7. The second-order valence-corrected chi connectivity index (χ2v) is 7.55. The van der Waals surface area contributed by atoms with Crippen molar-refractivity contribution in [3.05, 3.63) is 65.7 Å². The van der Waals surface area contributed by atoms with E-state index in [-0.39, 0.29) is 12.0 Å². The average molecular weight is 396 g/mol. The van der Waals surface area contributed by atoms with E-state index in [2.05, 4.69) is 0 Å². The second-order valence-electron chi connectivity index (χ2n) is 7.55. The SMILES string of the molecule is CC(C)COC(=O)N1CCN(C(=O)c2ccc(COc3ccccc3)cc2)CC1. The minimum atomic E-state index is -0.298. The van der Waals surface area contributed by atoms with Gasteiger partial charge < -0.3 is 19.3 Å². The first-order chi connectivity index (χ1) is 14.0. The number of ether oxygens (including phenoxy) is 2. The second kappa shape index (κ2) is 9.96. The van der Waals surface area contributed by atoms with Crippen molar-refractivity contribution in [1.29, 1.82) is 0 Å². The lowest BCUT2D eigenvalue weighted by Gasteiger charge is -2.34. The van der Waals surface area contributed by atoms with Gasteiger partial charge in [0.05, 0.1) is 6.61 Å². The molecule has 0 aromatic heterocycles. The van der Waals surface area contributed by atoms with Crippen LogP contribution in [0.4, 0.5) is 4.79 Å². The fraction of sp³-hybridized carbons (Fsp3) is 0.391. The molecule has 3 rings (SSSR count). The van der Waals surface area contributed by atoms with Crippen molar-refractivity contribution in [2.45, 2.75) is 20.5 Å². The van der Waals surface area contributed by atoms with Gasteiger partial charge in [-0.2, -0.15) is 0 Å². The van der Waals surface area contributed by atoms with E-state index < -0.39 is 0 Å². The van der Waals surface area contributed by atoms with Gasteiger partial charge in [0.2, 0.25) is 0 Å². The van der Waals surface area contributed by atoms with Gasteiger partial charge >= 0.3 is 6.09 Å². The topological polar surface area (TPSA) is 59.1 Å². The van der Waals surface area contributed by atoms with Crippen molar-refractivity contribution >= 4 is 12.0 Å². The first-order valence-corrected chi connectivity index (χ1v) is 10.0. The van der Waals surface area contributed by atoms with E-state index in [0.717, 1.165) is 11.3 Å². The van der Waals surface area contributed by atoms with E-state index in [9.17, 15) is 9.59 Å². The van der Waals surface area contributed by atoms with Crippen LogP contribution in [0.5, 0.6) is 5.75 Å². The third-order valence-corrected chi connectivity index (χ3v) is 4.71. The monoisotopic (exact) mass is 396 g/mol. The molecule has 1 aliphatic rings.